The number of benzene rings is 2. The maximum Gasteiger partial charge on any atom is 0.261 e. The van der Waals surface area contributed by atoms with Gasteiger partial charge in [0.1, 0.15) is 0 Å². The smallest absolute Gasteiger partial charge is 0.261 e. The lowest BCUT2D eigenvalue weighted by Crippen LogP contribution is -2.48. The summed E-state index contributed by atoms with van der Waals surface area (Å²) in [6.07, 6.45) is 0. The number of carbonyl (C=O) groups is 1. The van der Waals surface area contributed by atoms with E-state index in [2.05, 4.69) is 15.4 Å². The van der Waals surface area contributed by atoms with E-state index in [1.54, 1.807) is 12.1 Å². The third kappa shape index (κ3) is 4.18. The van der Waals surface area contributed by atoms with Gasteiger partial charge in [-0.05, 0) is 42.8 Å². The standard InChI is InChI=1S/C18H21N3O3S/c1-13-4-2-3-5-17(13)21-25(23,24)16-8-6-15(7-9-16)18(22)20-12-14-10-19-11-14/h2-9,14,19,21H,10-12H2,1H3,(H,20,22). The Morgan fingerprint density at radius 1 is 1.12 bits per heavy atom. The summed E-state index contributed by atoms with van der Waals surface area (Å²) < 4.78 is 27.5. The fourth-order valence-corrected chi connectivity index (χ4v) is 3.64. The first-order valence-electron chi connectivity index (χ1n) is 8.13. The average molecular weight is 359 g/mol. The third-order valence-corrected chi connectivity index (χ3v) is 5.61. The van der Waals surface area contributed by atoms with Gasteiger partial charge in [-0.3, -0.25) is 9.52 Å². The van der Waals surface area contributed by atoms with Gasteiger partial charge in [0.25, 0.3) is 15.9 Å². The number of anilines is 1. The number of sulfonamides is 1. The third-order valence-electron chi connectivity index (χ3n) is 4.23. The van der Waals surface area contributed by atoms with E-state index in [1.165, 1.54) is 24.3 Å². The SMILES string of the molecule is Cc1ccccc1NS(=O)(=O)c1ccc(C(=O)NCC2CNC2)cc1. The maximum absolute atomic E-state index is 12.5. The minimum atomic E-state index is -3.69. The lowest BCUT2D eigenvalue weighted by Gasteiger charge is -2.27. The van der Waals surface area contributed by atoms with E-state index < -0.39 is 10.0 Å². The molecule has 0 spiro atoms. The molecule has 3 N–H and O–H groups in total. The Kier molecular flexibility index (Phi) is 5.06. The van der Waals surface area contributed by atoms with Crippen molar-refractivity contribution in [3.63, 3.8) is 0 Å². The number of rotatable bonds is 6. The quantitative estimate of drug-likeness (QED) is 0.733. The van der Waals surface area contributed by atoms with Gasteiger partial charge in [0, 0.05) is 31.1 Å². The minimum Gasteiger partial charge on any atom is -0.352 e. The molecule has 0 radical (unpaired) electrons. The second kappa shape index (κ2) is 7.25. The zero-order valence-electron chi connectivity index (χ0n) is 14.0. The largest absolute Gasteiger partial charge is 0.352 e. The Labute approximate surface area is 147 Å². The van der Waals surface area contributed by atoms with Crippen LogP contribution in [0.4, 0.5) is 5.69 Å². The summed E-state index contributed by atoms with van der Waals surface area (Å²) in [6.45, 7) is 4.30. The summed E-state index contributed by atoms with van der Waals surface area (Å²) in [5, 5.41) is 6.01. The Hall–Kier alpha value is -2.38. The number of nitrogens with one attached hydrogen (secondary N) is 3. The van der Waals surface area contributed by atoms with Crippen molar-refractivity contribution < 1.29 is 13.2 Å². The molecule has 0 unspecified atom stereocenters. The van der Waals surface area contributed by atoms with Crippen molar-refractivity contribution in [3.8, 4) is 0 Å². The number of para-hydroxylation sites is 1. The summed E-state index contributed by atoms with van der Waals surface area (Å²) in [7, 11) is -3.69. The summed E-state index contributed by atoms with van der Waals surface area (Å²) in [5.74, 6) is 0.282. The lowest BCUT2D eigenvalue weighted by atomic mass is 10.0. The van der Waals surface area contributed by atoms with E-state index in [4.69, 9.17) is 0 Å². The molecule has 2 aromatic carbocycles. The average Bonchev–Trinajstić information content (AvgIpc) is 2.55. The number of carbonyl (C=O) groups excluding carboxylic acids is 1. The van der Waals surface area contributed by atoms with E-state index >= 15 is 0 Å². The van der Waals surface area contributed by atoms with Crippen LogP contribution < -0.4 is 15.4 Å². The molecule has 3 rings (SSSR count). The van der Waals surface area contributed by atoms with E-state index in [0.29, 0.717) is 23.7 Å². The lowest BCUT2D eigenvalue weighted by molar-refractivity contribution is 0.0942. The molecule has 7 heteroatoms. The molecule has 0 bridgehead atoms. The van der Waals surface area contributed by atoms with Crippen LogP contribution in [0.3, 0.4) is 0 Å². The Balaban J connectivity index is 1.68. The maximum atomic E-state index is 12.5. The second-order valence-corrected chi connectivity index (χ2v) is 7.86. The predicted octanol–water partition coefficient (Wildman–Crippen LogP) is 1.75. The highest BCUT2D eigenvalue weighted by atomic mass is 32.2. The van der Waals surface area contributed by atoms with Gasteiger partial charge in [-0.15, -0.1) is 0 Å². The van der Waals surface area contributed by atoms with Crippen molar-refractivity contribution in [1.29, 1.82) is 0 Å². The van der Waals surface area contributed by atoms with Gasteiger partial charge in [-0.2, -0.15) is 0 Å². The van der Waals surface area contributed by atoms with Gasteiger partial charge in [-0.25, -0.2) is 8.42 Å². The molecule has 0 aliphatic carbocycles. The van der Waals surface area contributed by atoms with E-state index in [0.717, 1.165) is 18.7 Å². The van der Waals surface area contributed by atoms with Crippen LogP contribution in [0.5, 0.6) is 0 Å². The van der Waals surface area contributed by atoms with Crippen LogP contribution in [-0.2, 0) is 10.0 Å². The van der Waals surface area contributed by atoms with Gasteiger partial charge < -0.3 is 10.6 Å². The van der Waals surface area contributed by atoms with Crippen molar-refractivity contribution in [2.24, 2.45) is 5.92 Å². The Morgan fingerprint density at radius 3 is 2.40 bits per heavy atom. The minimum absolute atomic E-state index is 0.121. The van der Waals surface area contributed by atoms with Crippen LogP contribution in [0, 0.1) is 12.8 Å². The van der Waals surface area contributed by atoms with Gasteiger partial charge in [0.15, 0.2) is 0 Å². The zero-order valence-corrected chi connectivity index (χ0v) is 14.8. The molecule has 2 aromatic rings. The highest BCUT2D eigenvalue weighted by Crippen LogP contribution is 2.19. The summed E-state index contributed by atoms with van der Waals surface area (Å²) in [5.41, 5.74) is 1.83. The molecule has 0 aromatic heterocycles. The summed E-state index contributed by atoms with van der Waals surface area (Å²) in [4.78, 5) is 12.2. The number of aryl methyl sites for hydroxylation is 1. The fraction of sp³-hybridized carbons (Fsp3) is 0.278. The monoisotopic (exact) mass is 359 g/mol. The molecule has 1 aliphatic rings. The molecule has 0 atom stereocenters. The molecule has 0 saturated carbocycles. The van der Waals surface area contributed by atoms with Crippen molar-refractivity contribution in [1.82, 2.24) is 10.6 Å². The fourth-order valence-electron chi connectivity index (χ4n) is 2.51. The number of hydrogen-bond acceptors (Lipinski definition) is 4. The van der Waals surface area contributed by atoms with E-state index in [-0.39, 0.29) is 10.8 Å². The Bertz CT molecular complexity index is 859. The molecular weight excluding hydrogens is 338 g/mol. The first kappa shape index (κ1) is 17.4. The topological polar surface area (TPSA) is 87.3 Å². The van der Waals surface area contributed by atoms with Gasteiger partial charge >= 0.3 is 0 Å². The molecule has 1 saturated heterocycles. The van der Waals surface area contributed by atoms with Crippen molar-refractivity contribution in [2.75, 3.05) is 24.4 Å². The van der Waals surface area contributed by atoms with Gasteiger partial charge in [-0.1, -0.05) is 18.2 Å². The van der Waals surface area contributed by atoms with Crippen LogP contribution >= 0.6 is 0 Å². The zero-order chi connectivity index (χ0) is 17.9. The van der Waals surface area contributed by atoms with Crippen LogP contribution in [0.2, 0.25) is 0 Å². The molecule has 132 valence electrons. The summed E-state index contributed by atoms with van der Waals surface area (Å²) >= 11 is 0. The molecule has 1 aliphatic heterocycles. The van der Waals surface area contributed by atoms with Crippen molar-refractivity contribution in [2.45, 2.75) is 11.8 Å². The van der Waals surface area contributed by atoms with Crippen LogP contribution in [0.1, 0.15) is 15.9 Å². The van der Waals surface area contributed by atoms with Crippen molar-refractivity contribution >= 4 is 21.6 Å². The number of hydrogen-bond donors (Lipinski definition) is 3. The predicted molar refractivity (Wildman–Crippen MR) is 97.1 cm³/mol. The highest BCUT2D eigenvalue weighted by molar-refractivity contribution is 7.92. The molecule has 1 amide bonds. The second-order valence-electron chi connectivity index (χ2n) is 6.18. The van der Waals surface area contributed by atoms with E-state index in [1.807, 2.05) is 19.1 Å². The van der Waals surface area contributed by atoms with Crippen LogP contribution in [0.25, 0.3) is 0 Å². The van der Waals surface area contributed by atoms with Gasteiger partial charge in [0.05, 0.1) is 10.6 Å². The molecule has 25 heavy (non-hydrogen) atoms. The first-order chi connectivity index (χ1) is 12.0. The molecule has 1 heterocycles. The number of amides is 1. The van der Waals surface area contributed by atoms with E-state index in [9.17, 15) is 13.2 Å². The highest BCUT2D eigenvalue weighted by Gasteiger charge is 2.19. The Morgan fingerprint density at radius 2 is 1.80 bits per heavy atom. The molecule has 1 fully saturated rings. The van der Waals surface area contributed by atoms with Crippen molar-refractivity contribution in [3.05, 3.63) is 59.7 Å². The normalized spacial score (nSPS) is 14.6. The van der Waals surface area contributed by atoms with Crippen LogP contribution in [0.15, 0.2) is 53.4 Å². The van der Waals surface area contributed by atoms with Gasteiger partial charge in [0.2, 0.25) is 0 Å². The van der Waals surface area contributed by atoms with Crippen LogP contribution in [-0.4, -0.2) is 34.0 Å². The molecule has 6 nitrogen and oxygen atoms in total. The molecular formula is C18H21N3O3S. The first-order valence-corrected chi connectivity index (χ1v) is 9.61. The summed E-state index contributed by atoms with van der Waals surface area (Å²) in [6, 6.07) is 13.1.